The Labute approximate surface area is 218 Å². The van der Waals surface area contributed by atoms with E-state index in [9.17, 15) is 13.2 Å². The van der Waals surface area contributed by atoms with Crippen LogP contribution >= 0.6 is 34.3 Å². The average Bonchev–Trinajstić information content (AvgIpc) is 3.62. The van der Waals surface area contributed by atoms with Crippen LogP contribution in [0.15, 0.2) is 34.5 Å². The highest BCUT2D eigenvalue weighted by Gasteiger charge is 2.41. The molecule has 2 saturated heterocycles. The molecule has 2 atom stereocenters. The fourth-order valence-corrected chi connectivity index (χ4v) is 9.02. The lowest BCUT2D eigenvalue weighted by Crippen LogP contribution is -2.54. The van der Waals surface area contributed by atoms with Crippen LogP contribution < -0.4 is 4.90 Å². The number of halogens is 1. The molecule has 2 unspecified atom stereocenters. The van der Waals surface area contributed by atoms with Crippen molar-refractivity contribution in [3.8, 4) is 0 Å². The average molecular weight is 554 g/mol. The van der Waals surface area contributed by atoms with Gasteiger partial charge in [-0.15, -0.1) is 11.3 Å². The molecule has 7 nitrogen and oxygen atoms in total. The Hall–Kier alpha value is -1.56. The normalized spacial score (nSPS) is 21.5. The van der Waals surface area contributed by atoms with E-state index in [-0.39, 0.29) is 16.2 Å². The molecule has 0 saturated carbocycles. The maximum absolute atomic E-state index is 14.1. The molecule has 0 N–H and O–H groups in total. The molecule has 3 aromatic rings. The molecule has 1 amide bonds. The van der Waals surface area contributed by atoms with Gasteiger partial charge in [-0.2, -0.15) is 4.31 Å². The van der Waals surface area contributed by atoms with E-state index >= 15 is 0 Å². The second-order valence-electron chi connectivity index (χ2n) is 8.92. The van der Waals surface area contributed by atoms with E-state index in [0.29, 0.717) is 35.6 Å². The molecule has 5 rings (SSSR count). The monoisotopic (exact) mass is 553 g/mol. The van der Waals surface area contributed by atoms with Crippen molar-refractivity contribution in [3.63, 3.8) is 0 Å². The van der Waals surface area contributed by atoms with Crippen LogP contribution in [0.25, 0.3) is 10.2 Å². The summed E-state index contributed by atoms with van der Waals surface area (Å²) in [7, 11) is -3.84. The quantitative estimate of drug-likeness (QED) is 0.395. The molecule has 0 radical (unpaired) electrons. The van der Waals surface area contributed by atoms with Gasteiger partial charge in [0.2, 0.25) is 5.91 Å². The number of rotatable bonds is 7. The zero-order chi connectivity index (χ0) is 24.6. The van der Waals surface area contributed by atoms with Gasteiger partial charge in [-0.1, -0.05) is 42.3 Å². The van der Waals surface area contributed by atoms with Gasteiger partial charge in [0.15, 0.2) is 5.13 Å². The Bertz CT molecular complexity index is 1320. The fraction of sp³-hybridized carbons (Fsp3) is 0.500. The van der Waals surface area contributed by atoms with E-state index in [0.717, 1.165) is 53.7 Å². The predicted octanol–water partition coefficient (Wildman–Crippen LogP) is 5.33. The highest BCUT2D eigenvalue weighted by atomic mass is 35.5. The zero-order valence-corrected chi connectivity index (χ0v) is 22.7. The smallest absolute Gasteiger partial charge is 0.253 e. The molecule has 2 aliphatic rings. The van der Waals surface area contributed by atoms with Gasteiger partial charge >= 0.3 is 0 Å². The van der Waals surface area contributed by atoms with Gasteiger partial charge in [-0.25, -0.2) is 13.4 Å². The number of anilines is 1. The van der Waals surface area contributed by atoms with E-state index in [2.05, 4.69) is 19.1 Å². The number of aromatic nitrogens is 1. The molecule has 2 aromatic heterocycles. The topological polar surface area (TPSA) is 79.8 Å². The van der Waals surface area contributed by atoms with Crippen LogP contribution in [0.3, 0.4) is 0 Å². The van der Waals surface area contributed by atoms with E-state index in [1.807, 2.05) is 6.07 Å². The zero-order valence-electron chi connectivity index (χ0n) is 19.5. The van der Waals surface area contributed by atoms with Crippen molar-refractivity contribution in [2.24, 2.45) is 0 Å². The molecule has 0 spiro atoms. The molecule has 0 bridgehead atoms. The maximum Gasteiger partial charge on any atom is 0.253 e. The standard InChI is InChI=1S/C24H28ClN3O4S3/c1-2-16-8-9-18-20(14-16)33-24(26-18)27(15-17-6-5-13-32-17)23(29)19-7-3-4-12-28(19)35(30,31)22-11-10-21(25)34-22/h8-11,14,17,19H,2-7,12-13,15H2,1H3. The Morgan fingerprint density at radius 2 is 2.06 bits per heavy atom. The van der Waals surface area contributed by atoms with Crippen LogP contribution in [-0.2, 0) is 26.0 Å². The number of fused-ring (bicyclic) bond motifs is 1. The summed E-state index contributed by atoms with van der Waals surface area (Å²) in [6, 6.07) is 8.47. The summed E-state index contributed by atoms with van der Waals surface area (Å²) in [5, 5.41) is 0.593. The number of amides is 1. The predicted molar refractivity (Wildman–Crippen MR) is 141 cm³/mol. The number of piperidine rings is 1. The number of benzene rings is 1. The van der Waals surface area contributed by atoms with E-state index < -0.39 is 16.1 Å². The summed E-state index contributed by atoms with van der Waals surface area (Å²) in [5.41, 5.74) is 2.05. The van der Waals surface area contributed by atoms with Crippen molar-refractivity contribution in [1.29, 1.82) is 0 Å². The van der Waals surface area contributed by atoms with Gasteiger partial charge in [0.1, 0.15) is 10.3 Å². The highest BCUT2D eigenvalue weighted by molar-refractivity contribution is 7.91. The second kappa shape index (κ2) is 10.4. The first-order valence-corrected chi connectivity index (χ1v) is 15.4. The molecular formula is C24H28ClN3O4S3. The first kappa shape index (κ1) is 25.1. The van der Waals surface area contributed by atoms with Crippen molar-refractivity contribution in [1.82, 2.24) is 9.29 Å². The summed E-state index contributed by atoms with van der Waals surface area (Å²) in [6.07, 6.45) is 4.65. The SMILES string of the molecule is CCc1ccc2nc(N(CC3CCCO3)C(=O)C3CCCCN3S(=O)(=O)c3ccc(Cl)s3)sc2c1. The van der Waals surface area contributed by atoms with Crippen molar-refractivity contribution in [2.75, 3.05) is 24.6 Å². The summed E-state index contributed by atoms with van der Waals surface area (Å²) in [4.78, 5) is 20.5. The summed E-state index contributed by atoms with van der Waals surface area (Å²) < 4.78 is 35.8. The lowest BCUT2D eigenvalue weighted by atomic mass is 10.0. The summed E-state index contributed by atoms with van der Waals surface area (Å²) >= 11 is 8.52. The Kier molecular flexibility index (Phi) is 7.48. The summed E-state index contributed by atoms with van der Waals surface area (Å²) in [6.45, 7) is 3.46. The van der Waals surface area contributed by atoms with Crippen LogP contribution in [0, 0.1) is 0 Å². The van der Waals surface area contributed by atoms with Crippen molar-refractivity contribution in [3.05, 3.63) is 40.2 Å². The van der Waals surface area contributed by atoms with Crippen LogP contribution in [0.5, 0.6) is 0 Å². The number of thiazole rings is 1. The third-order valence-electron chi connectivity index (χ3n) is 6.61. The lowest BCUT2D eigenvalue weighted by Gasteiger charge is -2.36. The number of carbonyl (C=O) groups is 1. The minimum atomic E-state index is -3.84. The maximum atomic E-state index is 14.1. The molecule has 2 fully saturated rings. The van der Waals surface area contributed by atoms with Crippen LogP contribution in [0.2, 0.25) is 4.34 Å². The lowest BCUT2D eigenvalue weighted by molar-refractivity contribution is -0.123. The molecule has 35 heavy (non-hydrogen) atoms. The number of thiophene rings is 1. The van der Waals surface area contributed by atoms with Gasteiger partial charge in [0.05, 0.1) is 27.2 Å². The third-order valence-corrected chi connectivity index (χ3v) is 11.3. The van der Waals surface area contributed by atoms with Gasteiger partial charge in [-0.3, -0.25) is 9.69 Å². The van der Waals surface area contributed by atoms with E-state index in [1.165, 1.54) is 27.3 Å². The first-order chi connectivity index (χ1) is 16.9. The Balaban J connectivity index is 1.50. The number of hydrogen-bond donors (Lipinski definition) is 0. The molecule has 1 aromatic carbocycles. The number of carbonyl (C=O) groups excluding carboxylic acids is 1. The number of aryl methyl sites for hydroxylation is 1. The number of nitrogens with zero attached hydrogens (tertiary/aromatic N) is 3. The van der Waals surface area contributed by atoms with Crippen LogP contribution in [0.4, 0.5) is 5.13 Å². The summed E-state index contributed by atoms with van der Waals surface area (Å²) in [5.74, 6) is -0.235. The number of ether oxygens (including phenoxy) is 1. The molecule has 0 aliphatic carbocycles. The van der Waals surface area contributed by atoms with Gasteiger partial charge in [-0.05, 0) is 61.9 Å². The second-order valence-corrected chi connectivity index (χ2v) is 13.8. The molecule has 188 valence electrons. The van der Waals surface area contributed by atoms with Crippen molar-refractivity contribution < 1.29 is 17.9 Å². The largest absolute Gasteiger partial charge is 0.376 e. The number of sulfonamides is 1. The van der Waals surface area contributed by atoms with Crippen molar-refractivity contribution in [2.45, 2.75) is 61.8 Å². The van der Waals surface area contributed by atoms with E-state index in [4.69, 9.17) is 21.3 Å². The third kappa shape index (κ3) is 5.14. The minimum absolute atomic E-state index is 0.0816. The fourth-order valence-electron chi connectivity index (χ4n) is 4.72. The minimum Gasteiger partial charge on any atom is -0.376 e. The molecule has 2 aliphatic heterocycles. The highest BCUT2D eigenvalue weighted by Crippen LogP contribution is 2.35. The van der Waals surface area contributed by atoms with Crippen LogP contribution in [-0.4, -0.2) is 55.5 Å². The Morgan fingerprint density at radius 3 is 2.77 bits per heavy atom. The molecular weight excluding hydrogens is 526 g/mol. The van der Waals surface area contributed by atoms with Gasteiger partial charge in [0, 0.05) is 13.2 Å². The molecule has 4 heterocycles. The number of hydrogen-bond acceptors (Lipinski definition) is 7. The first-order valence-electron chi connectivity index (χ1n) is 12.0. The van der Waals surface area contributed by atoms with Crippen LogP contribution in [0.1, 0.15) is 44.6 Å². The van der Waals surface area contributed by atoms with Gasteiger partial charge < -0.3 is 4.74 Å². The van der Waals surface area contributed by atoms with Crippen molar-refractivity contribution >= 4 is 65.6 Å². The Morgan fingerprint density at radius 1 is 1.20 bits per heavy atom. The van der Waals surface area contributed by atoms with E-state index in [1.54, 1.807) is 11.0 Å². The van der Waals surface area contributed by atoms with Gasteiger partial charge in [0.25, 0.3) is 10.0 Å². The molecule has 11 heteroatoms.